The van der Waals surface area contributed by atoms with Crippen molar-refractivity contribution in [2.45, 2.75) is 37.5 Å². The summed E-state index contributed by atoms with van der Waals surface area (Å²) in [7, 11) is -3.55. The molecule has 0 amide bonds. The van der Waals surface area contributed by atoms with Gasteiger partial charge in [0.25, 0.3) is 10.1 Å². The Labute approximate surface area is 116 Å². The molecular formula is C12H18LiO3S. The Hall–Kier alpha value is -0.273. The summed E-state index contributed by atoms with van der Waals surface area (Å²) in [6, 6.07) is 8.24. The number of hydrogen-bond acceptors (Lipinski definition) is 3. The molecule has 5 heteroatoms. The van der Waals surface area contributed by atoms with E-state index in [2.05, 4.69) is 6.92 Å². The van der Waals surface area contributed by atoms with Gasteiger partial charge in [-0.2, -0.15) is 8.42 Å². The zero-order valence-corrected chi connectivity index (χ0v) is 11.4. The van der Waals surface area contributed by atoms with Gasteiger partial charge in [0.05, 0.1) is 11.5 Å². The Kier molecular flexibility index (Phi) is 8.62. The van der Waals surface area contributed by atoms with Gasteiger partial charge in [0, 0.05) is 18.9 Å². The third kappa shape index (κ3) is 6.28. The zero-order chi connectivity index (χ0) is 11.9. The molecule has 0 saturated carbocycles. The maximum atomic E-state index is 11.6. The molecular weight excluding hydrogens is 231 g/mol. The van der Waals surface area contributed by atoms with E-state index in [0.717, 1.165) is 25.7 Å². The first-order chi connectivity index (χ1) is 7.67. The van der Waals surface area contributed by atoms with Gasteiger partial charge in [-0.1, -0.05) is 44.4 Å². The fourth-order valence-electron chi connectivity index (χ4n) is 1.35. The second-order valence-electron chi connectivity index (χ2n) is 3.65. The fraction of sp³-hybridized carbons (Fsp3) is 0.500. The van der Waals surface area contributed by atoms with E-state index in [-0.39, 0.29) is 30.4 Å². The molecule has 1 rings (SSSR count). The van der Waals surface area contributed by atoms with Crippen LogP contribution in [0.2, 0.25) is 0 Å². The Bertz CT molecular complexity index is 389. The average Bonchev–Trinajstić information content (AvgIpc) is 2.30. The van der Waals surface area contributed by atoms with Crippen molar-refractivity contribution in [2.24, 2.45) is 0 Å². The van der Waals surface area contributed by atoms with Gasteiger partial charge in [-0.3, -0.25) is 4.18 Å². The van der Waals surface area contributed by atoms with Crippen LogP contribution in [0.1, 0.15) is 32.6 Å². The quantitative estimate of drug-likeness (QED) is 0.424. The summed E-state index contributed by atoms with van der Waals surface area (Å²) in [6.07, 6.45) is 4.06. The van der Waals surface area contributed by atoms with Gasteiger partial charge in [0.2, 0.25) is 0 Å². The molecule has 0 unspecified atom stereocenters. The second kappa shape index (κ2) is 8.77. The molecule has 0 aliphatic heterocycles. The molecule has 1 aromatic rings. The van der Waals surface area contributed by atoms with Crippen molar-refractivity contribution >= 4 is 29.0 Å². The maximum Gasteiger partial charge on any atom is 0.296 e. The van der Waals surface area contributed by atoms with Crippen LogP contribution >= 0.6 is 0 Å². The molecule has 1 aromatic carbocycles. The van der Waals surface area contributed by atoms with Crippen LogP contribution in [-0.4, -0.2) is 33.9 Å². The number of benzene rings is 1. The molecule has 1 radical (unpaired) electrons. The SMILES string of the molecule is CCCCCCOS(=O)(=O)c1ccccc1.[Li]. The van der Waals surface area contributed by atoms with Crippen LogP contribution in [0.3, 0.4) is 0 Å². The molecule has 0 heterocycles. The summed E-state index contributed by atoms with van der Waals surface area (Å²) in [4.78, 5) is 0.227. The van der Waals surface area contributed by atoms with Crippen molar-refractivity contribution in [3.8, 4) is 0 Å². The van der Waals surface area contributed by atoms with Gasteiger partial charge in [-0.15, -0.1) is 0 Å². The maximum absolute atomic E-state index is 11.6. The summed E-state index contributed by atoms with van der Waals surface area (Å²) >= 11 is 0. The smallest absolute Gasteiger partial charge is 0.266 e. The van der Waals surface area contributed by atoms with Crippen LogP contribution in [0.15, 0.2) is 35.2 Å². The van der Waals surface area contributed by atoms with Gasteiger partial charge in [0.1, 0.15) is 0 Å². The van der Waals surface area contributed by atoms with Crippen LogP contribution < -0.4 is 0 Å². The molecule has 17 heavy (non-hydrogen) atoms. The minimum Gasteiger partial charge on any atom is -0.266 e. The summed E-state index contributed by atoms with van der Waals surface area (Å²) in [5.74, 6) is 0. The first-order valence-electron chi connectivity index (χ1n) is 5.61. The van der Waals surface area contributed by atoms with E-state index in [9.17, 15) is 8.42 Å². The Morgan fingerprint density at radius 3 is 2.29 bits per heavy atom. The van der Waals surface area contributed by atoms with Crippen molar-refractivity contribution in [3.05, 3.63) is 30.3 Å². The van der Waals surface area contributed by atoms with E-state index in [1.54, 1.807) is 30.3 Å². The normalized spacial score (nSPS) is 10.9. The summed E-state index contributed by atoms with van der Waals surface area (Å²) in [6.45, 7) is 2.39. The van der Waals surface area contributed by atoms with Crippen molar-refractivity contribution in [1.29, 1.82) is 0 Å². The zero-order valence-electron chi connectivity index (χ0n) is 10.6. The standard InChI is InChI=1S/C12H18O3S.Li/c1-2-3-4-8-11-15-16(13,14)12-9-6-5-7-10-12;/h5-7,9-10H,2-4,8,11H2,1H3;. The summed E-state index contributed by atoms with van der Waals surface area (Å²) in [5, 5.41) is 0. The van der Waals surface area contributed by atoms with E-state index in [4.69, 9.17) is 4.18 Å². The predicted molar refractivity (Wildman–Crippen MR) is 69.5 cm³/mol. The first kappa shape index (κ1) is 16.7. The van der Waals surface area contributed by atoms with E-state index in [0.29, 0.717) is 0 Å². The summed E-state index contributed by atoms with van der Waals surface area (Å²) in [5.41, 5.74) is 0. The molecule has 0 spiro atoms. The van der Waals surface area contributed by atoms with Crippen molar-refractivity contribution < 1.29 is 12.6 Å². The van der Waals surface area contributed by atoms with Gasteiger partial charge in [0.15, 0.2) is 0 Å². The summed E-state index contributed by atoms with van der Waals surface area (Å²) < 4.78 is 28.2. The van der Waals surface area contributed by atoms with Crippen molar-refractivity contribution in [2.75, 3.05) is 6.61 Å². The van der Waals surface area contributed by atoms with Gasteiger partial charge >= 0.3 is 0 Å². The van der Waals surface area contributed by atoms with E-state index >= 15 is 0 Å². The molecule has 0 N–H and O–H groups in total. The van der Waals surface area contributed by atoms with Gasteiger partial charge in [-0.05, 0) is 18.6 Å². The molecule has 91 valence electrons. The Morgan fingerprint density at radius 1 is 1.06 bits per heavy atom. The fourth-order valence-corrected chi connectivity index (χ4v) is 2.32. The van der Waals surface area contributed by atoms with E-state index < -0.39 is 10.1 Å². The monoisotopic (exact) mass is 249 g/mol. The molecule has 3 nitrogen and oxygen atoms in total. The van der Waals surface area contributed by atoms with Crippen molar-refractivity contribution in [3.63, 3.8) is 0 Å². The number of rotatable bonds is 7. The number of hydrogen-bond donors (Lipinski definition) is 0. The Morgan fingerprint density at radius 2 is 1.71 bits per heavy atom. The largest absolute Gasteiger partial charge is 0.296 e. The Balaban J connectivity index is 0.00000256. The van der Waals surface area contributed by atoms with Gasteiger partial charge < -0.3 is 0 Å². The molecule has 0 aliphatic rings. The third-order valence-corrected chi connectivity index (χ3v) is 3.59. The second-order valence-corrected chi connectivity index (χ2v) is 5.27. The van der Waals surface area contributed by atoms with Crippen LogP contribution in [0, 0.1) is 0 Å². The van der Waals surface area contributed by atoms with Crippen LogP contribution in [0.4, 0.5) is 0 Å². The molecule has 0 fully saturated rings. The number of unbranched alkanes of at least 4 members (excludes halogenated alkanes) is 3. The predicted octanol–water partition coefficient (Wildman–Crippen LogP) is 2.59. The topological polar surface area (TPSA) is 43.4 Å². The van der Waals surface area contributed by atoms with Crippen LogP contribution in [0.5, 0.6) is 0 Å². The molecule has 0 saturated heterocycles. The third-order valence-electron chi connectivity index (χ3n) is 2.27. The molecule has 0 aliphatic carbocycles. The average molecular weight is 249 g/mol. The minimum atomic E-state index is -3.55. The van der Waals surface area contributed by atoms with Gasteiger partial charge in [-0.25, -0.2) is 0 Å². The van der Waals surface area contributed by atoms with Crippen LogP contribution in [-0.2, 0) is 14.3 Å². The molecule has 0 aromatic heterocycles. The first-order valence-corrected chi connectivity index (χ1v) is 7.02. The molecule has 0 bridgehead atoms. The van der Waals surface area contributed by atoms with Crippen molar-refractivity contribution in [1.82, 2.24) is 0 Å². The van der Waals surface area contributed by atoms with Crippen LogP contribution in [0.25, 0.3) is 0 Å². The molecule has 0 atom stereocenters. The van der Waals surface area contributed by atoms with E-state index in [1.807, 2.05) is 0 Å². The minimum absolute atomic E-state index is 0. The van der Waals surface area contributed by atoms with E-state index in [1.165, 1.54) is 0 Å².